The number of benzene rings is 2. The van der Waals surface area contributed by atoms with Crippen molar-refractivity contribution in [3.8, 4) is 22.7 Å². The molecule has 3 aromatic rings. The fourth-order valence-electron chi connectivity index (χ4n) is 3.56. The van der Waals surface area contributed by atoms with Crippen LogP contribution in [0.15, 0.2) is 42.5 Å². The number of anilines is 1. The third-order valence-electron chi connectivity index (χ3n) is 4.85. The number of methoxy groups -OCH3 is 1. The summed E-state index contributed by atoms with van der Waals surface area (Å²) in [4.78, 5) is 11.2. The van der Waals surface area contributed by atoms with E-state index >= 15 is 0 Å². The van der Waals surface area contributed by atoms with Crippen molar-refractivity contribution in [3.05, 3.63) is 63.2 Å². The molecule has 1 N–H and O–H groups in total. The predicted molar refractivity (Wildman–Crippen MR) is 109 cm³/mol. The quantitative estimate of drug-likeness (QED) is 0.501. The van der Waals surface area contributed by atoms with Gasteiger partial charge in [-0.25, -0.2) is 4.68 Å². The highest BCUT2D eigenvalue weighted by molar-refractivity contribution is 6.31. The van der Waals surface area contributed by atoms with Crippen LogP contribution in [0.4, 0.5) is 11.5 Å². The first-order chi connectivity index (χ1) is 13.6. The Labute approximate surface area is 167 Å². The molecular weight excluding hydrogens is 380 g/mol. The molecule has 0 bridgehead atoms. The van der Waals surface area contributed by atoms with Crippen LogP contribution in [0.5, 0.6) is 5.75 Å². The number of aromatic nitrogens is 2. The molecule has 0 spiro atoms. The largest absolute Gasteiger partial charge is 0.496 e. The minimum atomic E-state index is -0.389. The number of rotatable bonds is 4. The minimum absolute atomic E-state index is 0.00320. The molecule has 4 rings (SSSR count). The van der Waals surface area contributed by atoms with Crippen molar-refractivity contribution >= 4 is 23.1 Å². The normalized spacial score (nSPS) is 13.4. The zero-order chi connectivity index (χ0) is 19.7. The minimum Gasteiger partial charge on any atom is -0.496 e. The number of nitrogens with zero attached hydrogens (tertiary/aromatic N) is 3. The number of nitro benzene ring substituents is 1. The molecule has 2 heterocycles. The van der Waals surface area contributed by atoms with Gasteiger partial charge in [0.2, 0.25) is 0 Å². The number of nitro groups is 1. The van der Waals surface area contributed by atoms with E-state index in [1.165, 1.54) is 6.07 Å². The second-order valence-electron chi connectivity index (χ2n) is 6.56. The van der Waals surface area contributed by atoms with Gasteiger partial charge in [0, 0.05) is 28.8 Å². The third-order valence-corrected chi connectivity index (χ3v) is 5.09. The van der Waals surface area contributed by atoms with Crippen molar-refractivity contribution in [1.29, 1.82) is 0 Å². The molecule has 0 saturated carbocycles. The molecular formula is C20H19ClN4O3. The van der Waals surface area contributed by atoms with Crippen LogP contribution in [0.1, 0.15) is 18.4 Å². The summed E-state index contributed by atoms with van der Waals surface area (Å²) >= 11 is 6.23. The molecule has 7 nitrogen and oxygen atoms in total. The van der Waals surface area contributed by atoms with Crippen LogP contribution < -0.4 is 10.1 Å². The van der Waals surface area contributed by atoms with Gasteiger partial charge in [0.1, 0.15) is 22.9 Å². The molecule has 0 amide bonds. The van der Waals surface area contributed by atoms with Gasteiger partial charge in [-0.1, -0.05) is 23.7 Å². The van der Waals surface area contributed by atoms with Crippen LogP contribution in [0, 0.1) is 10.1 Å². The number of halogens is 1. The lowest BCUT2D eigenvalue weighted by Crippen LogP contribution is -2.08. The summed E-state index contributed by atoms with van der Waals surface area (Å²) in [6.07, 6.45) is 2.82. The van der Waals surface area contributed by atoms with Gasteiger partial charge in [-0.2, -0.15) is 5.10 Å². The fraction of sp³-hybridized carbons (Fsp3) is 0.250. The number of hydrogen-bond acceptors (Lipinski definition) is 5. The molecule has 0 atom stereocenters. The average Bonchev–Trinajstić information content (AvgIpc) is 2.88. The van der Waals surface area contributed by atoms with E-state index in [0.29, 0.717) is 16.5 Å². The van der Waals surface area contributed by atoms with Crippen LogP contribution in [-0.2, 0) is 6.42 Å². The van der Waals surface area contributed by atoms with E-state index < -0.39 is 0 Å². The number of fused-ring (bicyclic) bond motifs is 1. The van der Waals surface area contributed by atoms with E-state index in [0.717, 1.165) is 48.4 Å². The first kappa shape index (κ1) is 18.3. The van der Waals surface area contributed by atoms with Gasteiger partial charge >= 0.3 is 0 Å². The van der Waals surface area contributed by atoms with Crippen LogP contribution in [0.2, 0.25) is 5.02 Å². The Morgan fingerprint density at radius 1 is 1.25 bits per heavy atom. The van der Waals surface area contributed by atoms with E-state index in [9.17, 15) is 10.1 Å². The first-order valence-electron chi connectivity index (χ1n) is 9.03. The zero-order valence-electron chi connectivity index (χ0n) is 15.3. The first-order valence-corrected chi connectivity index (χ1v) is 9.41. The van der Waals surface area contributed by atoms with Gasteiger partial charge in [-0.15, -0.1) is 0 Å². The summed E-state index contributed by atoms with van der Waals surface area (Å²) in [6, 6.07) is 12.0. The Morgan fingerprint density at radius 3 is 2.86 bits per heavy atom. The molecule has 1 aliphatic heterocycles. The summed E-state index contributed by atoms with van der Waals surface area (Å²) in [7, 11) is 1.60. The zero-order valence-corrected chi connectivity index (χ0v) is 16.1. The molecule has 0 aliphatic carbocycles. The Kier molecular flexibility index (Phi) is 4.92. The number of nitrogens with one attached hydrogen (secondary N) is 1. The summed E-state index contributed by atoms with van der Waals surface area (Å²) < 4.78 is 7.15. The van der Waals surface area contributed by atoms with Gasteiger partial charge in [-0.3, -0.25) is 10.1 Å². The summed E-state index contributed by atoms with van der Waals surface area (Å²) in [5.74, 6) is 1.44. The van der Waals surface area contributed by atoms with Crippen molar-refractivity contribution in [2.24, 2.45) is 0 Å². The lowest BCUT2D eigenvalue weighted by molar-refractivity contribution is -0.384. The van der Waals surface area contributed by atoms with Crippen molar-refractivity contribution in [2.45, 2.75) is 19.3 Å². The standard InChI is InChI=1S/C20H19ClN4O3/c1-28-18-10-9-13(21)12-15(18)19-14-6-4-5-11-22-20(14)24(23-19)16-7-2-3-8-17(16)25(26)27/h2-3,7-10,12,22H,4-6,11H2,1H3. The molecule has 0 fully saturated rings. The van der Waals surface area contributed by atoms with Crippen LogP contribution in [0.25, 0.3) is 16.9 Å². The fourth-order valence-corrected chi connectivity index (χ4v) is 3.73. The summed E-state index contributed by atoms with van der Waals surface area (Å²) in [5, 5.41) is 20.3. The SMILES string of the molecule is COc1ccc(Cl)cc1-c1nn(-c2ccccc2[N+](=O)[O-])c2c1CCCCN2. The molecule has 144 valence electrons. The van der Waals surface area contributed by atoms with Gasteiger partial charge in [-0.05, 0) is 43.5 Å². The Hall–Kier alpha value is -3.06. The van der Waals surface area contributed by atoms with Crippen LogP contribution in [-0.4, -0.2) is 28.4 Å². The second kappa shape index (κ2) is 7.52. The molecule has 1 aliphatic rings. The summed E-state index contributed by atoms with van der Waals surface area (Å²) in [6.45, 7) is 0.783. The van der Waals surface area contributed by atoms with Gasteiger partial charge in [0.05, 0.1) is 12.0 Å². The topological polar surface area (TPSA) is 82.2 Å². The maximum atomic E-state index is 11.6. The van der Waals surface area contributed by atoms with Gasteiger partial charge in [0.15, 0.2) is 0 Å². The lowest BCUT2D eigenvalue weighted by Gasteiger charge is -2.09. The van der Waals surface area contributed by atoms with Crippen molar-refractivity contribution in [3.63, 3.8) is 0 Å². The number of para-hydroxylation sites is 2. The van der Waals surface area contributed by atoms with Crippen molar-refractivity contribution in [2.75, 3.05) is 19.0 Å². The van der Waals surface area contributed by atoms with Gasteiger partial charge in [0.25, 0.3) is 5.69 Å². The Balaban J connectivity index is 1.99. The highest BCUT2D eigenvalue weighted by atomic mass is 35.5. The molecule has 0 saturated heterocycles. The van der Waals surface area contributed by atoms with E-state index in [1.807, 2.05) is 6.07 Å². The molecule has 8 heteroatoms. The maximum Gasteiger partial charge on any atom is 0.294 e. The highest BCUT2D eigenvalue weighted by Gasteiger charge is 2.26. The predicted octanol–water partition coefficient (Wildman–Crippen LogP) is 4.86. The van der Waals surface area contributed by atoms with Crippen LogP contribution >= 0.6 is 11.6 Å². The van der Waals surface area contributed by atoms with Crippen molar-refractivity contribution < 1.29 is 9.66 Å². The average molecular weight is 399 g/mol. The van der Waals surface area contributed by atoms with Crippen LogP contribution in [0.3, 0.4) is 0 Å². The highest BCUT2D eigenvalue weighted by Crippen LogP contribution is 2.40. The van der Waals surface area contributed by atoms with E-state index in [2.05, 4.69) is 5.32 Å². The van der Waals surface area contributed by atoms with Gasteiger partial charge < -0.3 is 10.1 Å². The lowest BCUT2D eigenvalue weighted by atomic mass is 10.0. The van der Waals surface area contributed by atoms with Crippen molar-refractivity contribution in [1.82, 2.24) is 9.78 Å². The Bertz CT molecular complexity index is 1050. The Morgan fingerprint density at radius 2 is 2.07 bits per heavy atom. The molecule has 0 unspecified atom stereocenters. The third kappa shape index (κ3) is 3.18. The second-order valence-corrected chi connectivity index (χ2v) is 7.00. The molecule has 0 radical (unpaired) electrons. The van der Waals surface area contributed by atoms with E-state index in [1.54, 1.807) is 42.1 Å². The summed E-state index contributed by atoms with van der Waals surface area (Å²) in [5.41, 5.74) is 2.93. The van der Waals surface area contributed by atoms with E-state index in [-0.39, 0.29) is 10.6 Å². The smallest absolute Gasteiger partial charge is 0.294 e. The molecule has 28 heavy (non-hydrogen) atoms. The molecule has 1 aromatic heterocycles. The monoisotopic (exact) mass is 398 g/mol. The van der Waals surface area contributed by atoms with E-state index in [4.69, 9.17) is 21.4 Å². The number of ether oxygens (including phenoxy) is 1. The molecule has 2 aromatic carbocycles. The number of hydrogen-bond donors (Lipinski definition) is 1. The maximum absolute atomic E-state index is 11.6.